The van der Waals surface area contributed by atoms with Crippen molar-refractivity contribution in [2.24, 2.45) is 0 Å². The van der Waals surface area contributed by atoms with E-state index in [0.29, 0.717) is 34.7 Å². The lowest BCUT2D eigenvalue weighted by atomic mass is 10.1. The van der Waals surface area contributed by atoms with E-state index in [1.165, 1.54) is 6.20 Å². The van der Waals surface area contributed by atoms with Gasteiger partial charge >= 0.3 is 0 Å². The van der Waals surface area contributed by atoms with Crippen molar-refractivity contribution >= 4 is 32.8 Å². The number of pyridine rings is 1. The number of hydrogen-bond donors (Lipinski definition) is 1. The third kappa shape index (κ3) is 3.79. The highest BCUT2D eigenvalue weighted by Crippen LogP contribution is 2.35. The van der Waals surface area contributed by atoms with E-state index in [4.69, 9.17) is 16.3 Å². The van der Waals surface area contributed by atoms with Crippen molar-refractivity contribution in [3.05, 3.63) is 78.1 Å². The molecule has 0 aliphatic heterocycles. The summed E-state index contributed by atoms with van der Waals surface area (Å²) < 4.78 is 36.4. The standard InChI is InChI=1S/C21H18ClN3O3S/c1-2-28-16-8-5-7-15(13-16)17-9-6-10-18(22)21(17)29(26,27)24-19-14-23-25-12-4-3-11-20(19)25/h3-14,24H,2H2,1H3. The van der Waals surface area contributed by atoms with Crippen molar-refractivity contribution in [1.82, 2.24) is 9.61 Å². The molecule has 0 fully saturated rings. The van der Waals surface area contributed by atoms with E-state index in [-0.39, 0.29) is 9.92 Å². The number of fused-ring (bicyclic) bond motifs is 1. The minimum atomic E-state index is -3.99. The minimum Gasteiger partial charge on any atom is -0.494 e. The van der Waals surface area contributed by atoms with Crippen LogP contribution in [-0.4, -0.2) is 24.6 Å². The van der Waals surface area contributed by atoms with Gasteiger partial charge in [0.05, 0.1) is 29.0 Å². The fourth-order valence-electron chi connectivity index (χ4n) is 3.14. The third-order valence-electron chi connectivity index (χ3n) is 4.36. The van der Waals surface area contributed by atoms with Crippen LogP contribution in [0.2, 0.25) is 5.02 Å². The predicted octanol–water partition coefficient (Wildman–Crippen LogP) is 4.85. The molecule has 8 heteroatoms. The molecular formula is C21H18ClN3O3S. The van der Waals surface area contributed by atoms with Gasteiger partial charge in [0.2, 0.25) is 0 Å². The molecule has 0 unspecified atom stereocenters. The van der Waals surface area contributed by atoms with E-state index in [9.17, 15) is 8.42 Å². The van der Waals surface area contributed by atoms with E-state index in [2.05, 4.69) is 9.82 Å². The fourth-order valence-corrected chi connectivity index (χ4v) is 4.97. The second-order valence-electron chi connectivity index (χ2n) is 6.27. The number of benzene rings is 2. The van der Waals surface area contributed by atoms with E-state index >= 15 is 0 Å². The van der Waals surface area contributed by atoms with Crippen molar-refractivity contribution in [2.45, 2.75) is 11.8 Å². The van der Waals surface area contributed by atoms with Crippen LogP contribution in [0.1, 0.15) is 6.92 Å². The Hall–Kier alpha value is -3.03. The second kappa shape index (κ2) is 7.77. The summed E-state index contributed by atoms with van der Waals surface area (Å²) in [6.45, 7) is 2.41. The van der Waals surface area contributed by atoms with Gasteiger partial charge in [-0.25, -0.2) is 12.9 Å². The summed E-state index contributed by atoms with van der Waals surface area (Å²) in [4.78, 5) is 0.00518. The molecule has 2 aromatic heterocycles. The van der Waals surface area contributed by atoms with Gasteiger partial charge < -0.3 is 4.74 Å². The number of aromatic nitrogens is 2. The largest absolute Gasteiger partial charge is 0.494 e. The number of rotatable bonds is 6. The van der Waals surface area contributed by atoms with Gasteiger partial charge in [-0.2, -0.15) is 5.10 Å². The van der Waals surface area contributed by atoms with Crippen molar-refractivity contribution in [3.8, 4) is 16.9 Å². The highest BCUT2D eigenvalue weighted by molar-refractivity contribution is 7.93. The molecule has 4 rings (SSSR count). The molecule has 2 heterocycles. The Morgan fingerprint density at radius 3 is 2.76 bits per heavy atom. The summed E-state index contributed by atoms with van der Waals surface area (Å²) in [6.07, 6.45) is 3.21. The maximum atomic E-state index is 13.3. The molecule has 0 bridgehead atoms. The molecule has 0 aliphatic carbocycles. The molecule has 4 aromatic rings. The predicted molar refractivity (Wildman–Crippen MR) is 114 cm³/mol. The zero-order chi connectivity index (χ0) is 20.4. The van der Waals surface area contributed by atoms with Crippen LogP contribution in [0.5, 0.6) is 5.75 Å². The topological polar surface area (TPSA) is 72.7 Å². The van der Waals surface area contributed by atoms with Crippen LogP contribution in [0.15, 0.2) is 78.0 Å². The zero-order valence-electron chi connectivity index (χ0n) is 15.5. The lowest BCUT2D eigenvalue weighted by molar-refractivity contribution is 0.340. The maximum absolute atomic E-state index is 13.3. The summed E-state index contributed by atoms with van der Waals surface area (Å²) in [5.74, 6) is 0.656. The smallest absolute Gasteiger partial charge is 0.264 e. The van der Waals surface area contributed by atoms with Gasteiger partial charge in [-0.3, -0.25) is 4.72 Å². The Kier molecular flexibility index (Phi) is 5.17. The summed E-state index contributed by atoms with van der Waals surface area (Å²) in [7, 11) is -3.99. The number of anilines is 1. The average Bonchev–Trinajstić information content (AvgIpc) is 3.10. The van der Waals surface area contributed by atoms with E-state index < -0.39 is 10.0 Å². The molecule has 0 amide bonds. The van der Waals surface area contributed by atoms with Gasteiger partial charge in [0.15, 0.2) is 0 Å². The molecular weight excluding hydrogens is 410 g/mol. The normalized spacial score (nSPS) is 11.5. The summed E-state index contributed by atoms with van der Waals surface area (Å²) in [5.41, 5.74) is 2.20. The molecule has 0 atom stereocenters. The van der Waals surface area contributed by atoms with Crippen LogP contribution in [0.25, 0.3) is 16.6 Å². The quantitative estimate of drug-likeness (QED) is 0.477. The van der Waals surface area contributed by atoms with Crippen molar-refractivity contribution in [3.63, 3.8) is 0 Å². The van der Waals surface area contributed by atoms with Gasteiger partial charge in [0.25, 0.3) is 10.0 Å². The van der Waals surface area contributed by atoms with E-state index in [0.717, 1.165) is 0 Å². The molecule has 2 aromatic carbocycles. The van der Waals surface area contributed by atoms with Gasteiger partial charge in [0, 0.05) is 11.8 Å². The first-order valence-corrected chi connectivity index (χ1v) is 10.8. The Balaban J connectivity index is 1.81. The summed E-state index contributed by atoms with van der Waals surface area (Å²) in [5, 5.41) is 4.30. The lowest BCUT2D eigenvalue weighted by Crippen LogP contribution is -2.14. The van der Waals surface area contributed by atoms with Crippen molar-refractivity contribution in [2.75, 3.05) is 11.3 Å². The minimum absolute atomic E-state index is 0.00518. The van der Waals surface area contributed by atoms with Crippen LogP contribution in [-0.2, 0) is 10.0 Å². The first kappa shape index (κ1) is 19.3. The molecule has 148 valence electrons. The number of hydrogen-bond acceptors (Lipinski definition) is 4. The molecule has 0 aliphatic rings. The molecule has 0 saturated carbocycles. The maximum Gasteiger partial charge on any atom is 0.264 e. The Labute approximate surface area is 173 Å². The van der Waals surface area contributed by atoms with Crippen LogP contribution in [0.4, 0.5) is 5.69 Å². The second-order valence-corrected chi connectivity index (χ2v) is 8.30. The Bertz CT molecular complexity index is 1290. The summed E-state index contributed by atoms with van der Waals surface area (Å²) >= 11 is 6.35. The third-order valence-corrected chi connectivity index (χ3v) is 6.26. The highest BCUT2D eigenvalue weighted by Gasteiger charge is 2.24. The first-order valence-electron chi connectivity index (χ1n) is 8.96. The average molecular weight is 428 g/mol. The SMILES string of the molecule is CCOc1cccc(-c2cccc(Cl)c2S(=O)(=O)Nc2cnn3ccccc23)c1. The summed E-state index contributed by atoms with van der Waals surface area (Å²) in [6, 6.07) is 17.7. The van der Waals surface area contributed by atoms with Crippen LogP contribution < -0.4 is 9.46 Å². The van der Waals surface area contributed by atoms with Crippen molar-refractivity contribution < 1.29 is 13.2 Å². The van der Waals surface area contributed by atoms with Crippen LogP contribution in [0, 0.1) is 0 Å². The molecule has 6 nitrogen and oxygen atoms in total. The lowest BCUT2D eigenvalue weighted by Gasteiger charge is -2.14. The van der Waals surface area contributed by atoms with E-state index in [1.807, 2.05) is 37.3 Å². The van der Waals surface area contributed by atoms with Crippen molar-refractivity contribution in [1.29, 1.82) is 0 Å². The van der Waals surface area contributed by atoms with Gasteiger partial charge in [-0.15, -0.1) is 0 Å². The van der Waals surface area contributed by atoms with Gasteiger partial charge in [-0.1, -0.05) is 41.9 Å². The number of ether oxygens (including phenoxy) is 1. The number of sulfonamides is 1. The fraction of sp³-hybridized carbons (Fsp3) is 0.0952. The highest BCUT2D eigenvalue weighted by atomic mass is 35.5. The van der Waals surface area contributed by atoms with Gasteiger partial charge in [-0.05, 0) is 42.8 Å². The molecule has 29 heavy (non-hydrogen) atoms. The van der Waals surface area contributed by atoms with E-state index in [1.54, 1.807) is 41.0 Å². The van der Waals surface area contributed by atoms with Crippen LogP contribution in [0.3, 0.4) is 0 Å². The monoisotopic (exact) mass is 427 g/mol. The van der Waals surface area contributed by atoms with Gasteiger partial charge in [0.1, 0.15) is 10.6 Å². The molecule has 1 N–H and O–H groups in total. The molecule has 0 spiro atoms. The van der Waals surface area contributed by atoms with Crippen LogP contribution >= 0.6 is 11.6 Å². The molecule has 0 radical (unpaired) electrons. The number of nitrogens with zero attached hydrogens (tertiary/aromatic N) is 2. The Morgan fingerprint density at radius 1 is 1.10 bits per heavy atom. The number of nitrogens with one attached hydrogen (secondary N) is 1. The first-order chi connectivity index (χ1) is 14.0. The number of halogens is 1. The molecule has 0 saturated heterocycles. The Morgan fingerprint density at radius 2 is 1.93 bits per heavy atom. The zero-order valence-corrected chi connectivity index (χ0v) is 17.1.